The molecule has 0 radical (unpaired) electrons. The summed E-state index contributed by atoms with van der Waals surface area (Å²) in [6, 6.07) is 11.9. The van der Waals surface area contributed by atoms with Crippen molar-refractivity contribution in [3.8, 4) is 0 Å². The molecular weight excluding hydrogens is 385 g/mol. The zero-order valence-corrected chi connectivity index (χ0v) is 16.4. The van der Waals surface area contributed by atoms with Crippen LogP contribution >= 0.6 is 24.8 Å². The van der Waals surface area contributed by atoms with Crippen molar-refractivity contribution in [3.05, 3.63) is 60.6 Å². The number of carbonyl (C=O) groups excluding carboxylic acids is 1. The average Bonchev–Trinajstić information content (AvgIpc) is 3.22. The molecule has 0 bridgehead atoms. The van der Waals surface area contributed by atoms with Gasteiger partial charge in [-0.15, -0.1) is 24.8 Å². The van der Waals surface area contributed by atoms with Crippen LogP contribution in [0.2, 0.25) is 0 Å². The van der Waals surface area contributed by atoms with Crippen LogP contribution < -0.4 is 10.6 Å². The molecule has 0 saturated carbocycles. The number of para-hydroxylation sites is 1. The number of benzene rings is 1. The van der Waals surface area contributed by atoms with E-state index in [1.807, 2.05) is 47.3 Å². The van der Waals surface area contributed by atoms with Gasteiger partial charge in [0.05, 0.1) is 5.52 Å². The summed E-state index contributed by atoms with van der Waals surface area (Å²) in [6.45, 7) is 2.08. The van der Waals surface area contributed by atoms with Crippen molar-refractivity contribution in [3.63, 3.8) is 0 Å². The molecule has 1 saturated heterocycles. The molecule has 6 nitrogen and oxygen atoms in total. The molecule has 3 aromatic rings. The minimum atomic E-state index is -0.618. The monoisotopic (exact) mass is 407 g/mol. The number of hydrogen-bond donors (Lipinski definition) is 2. The zero-order chi connectivity index (χ0) is 17.1. The summed E-state index contributed by atoms with van der Waals surface area (Å²) in [5.41, 5.74) is 1.34. The number of aromatic nitrogens is 3. The number of fused-ring (bicyclic) bond motifs is 1. The van der Waals surface area contributed by atoms with Crippen LogP contribution in [0.3, 0.4) is 0 Å². The van der Waals surface area contributed by atoms with E-state index >= 15 is 0 Å². The predicted molar refractivity (Wildman–Crippen MR) is 110 cm³/mol. The van der Waals surface area contributed by atoms with Crippen molar-refractivity contribution in [2.75, 3.05) is 13.1 Å². The Labute approximate surface area is 170 Å². The molecule has 2 N–H and O–H groups in total. The van der Waals surface area contributed by atoms with Crippen LogP contribution in [0, 0.1) is 0 Å². The Bertz CT molecular complexity index is 873. The molecule has 0 aliphatic carbocycles. The minimum Gasteiger partial charge on any atom is -0.350 e. The summed E-state index contributed by atoms with van der Waals surface area (Å²) in [5, 5.41) is 11.9. The quantitative estimate of drug-likeness (QED) is 0.697. The number of carbonyl (C=O) groups is 1. The van der Waals surface area contributed by atoms with Crippen LogP contribution in [0.25, 0.3) is 10.9 Å². The molecule has 1 aliphatic rings. The normalized spacial score (nSPS) is 15.4. The predicted octanol–water partition coefficient (Wildman–Crippen LogP) is 2.67. The number of hydrogen-bond acceptors (Lipinski definition) is 4. The van der Waals surface area contributed by atoms with Gasteiger partial charge in [0.15, 0.2) is 0 Å². The number of piperidine rings is 1. The second kappa shape index (κ2) is 9.17. The fourth-order valence-electron chi connectivity index (χ4n) is 3.57. The van der Waals surface area contributed by atoms with Gasteiger partial charge < -0.3 is 10.6 Å². The number of nitrogens with one attached hydrogen (secondary N) is 2. The van der Waals surface area contributed by atoms with Gasteiger partial charge in [-0.05, 0) is 43.6 Å². The van der Waals surface area contributed by atoms with E-state index in [2.05, 4.69) is 20.7 Å². The van der Waals surface area contributed by atoms with Crippen molar-refractivity contribution >= 4 is 41.6 Å². The van der Waals surface area contributed by atoms with Gasteiger partial charge in [-0.3, -0.25) is 14.5 Å². The standard InChI is InChI=1S/C19H21N5O.2ClH/c25-18(19(7-11-20-12-8-19)24-13-3-10-23-24)22-14-16-5-1-4-15-6-2-9-21-17(15)16;;/h1-6,9-10,13,20H,7-8,11-12,14H2,(H,22,25);2*1H. The van der Waals surface area contributed by atoms with E-state index in [0.29, 0.717) is 6.54 Å². The highest BCUT2D eigenvalue weighted by atomic mass is 35.5. The van der Waals surface area contributed by atoms with Gasteiger partial charge in [-0.2, -0.15) is 5.10 Å². The van der Waals surface area contributed by atoms with Gasteiger partial charge in [0, 0.05) is 30.5 Å². The Morgan fingerprint density at radius 1 is 1.11 bits per heavy atom. The lowest BCUT2D eigenvalue weighted by Gasteiger charge is -2.36. The zero-order valence-electron chi connectivity index (χ0n) is 14.8. The van der Waals surface area contributed by atoms with Gasteiger partial charge in [0.25, 0.3) is 0 Å². The molecule has 8 heteroatoms. The third-order valence-corrected chi connectivity index (χ3v) is 4.95. The lowest BCUT2D eigenvalue weighted by molar-refractivity contribution is -0.132. The fourth-order valence-corrected chi connectivity index (χ4v) is 3.57. The van der Waals surface area contributed by atoms with Gasteiger partial charge in [0.1, 0.15) is 5.54 Å². The largest absolute Gasteiger partial charge is 0.350 e. The summed E-state index contributed by atoms with van der Waals surface area (Å²) < 4.78 is 1.81. The number of amides is 1. The molecule has 1 aliphatic heterocycles. The van der Waals surface area contributed by atoms with Crippen LogP contribution in [0.1, 0.15) is 18.4 Å². The number of halogens is 2. The molecule has 2 aromatic heterocycles. The highest BCUT2D eigenvalue weighted by Gasteiger charge is 2.41. The smallest absolute Gasteiger partial charge is 0.248 e. The second-order valence-corrected chi connectivity index (χ2v) is 6.41. The van der Waals surface area contributed by atoms with E-state index < -0.39 is 5.54 Å². The van der Waals surface area contributed by atoms with Crippen LogP contribution in [-0.4, -0.2) is 33.8 Å². The van der Waals surface area contributed by atoms with Crippen LogP contribution in [0.5, 0.6) is 0 Å². The van der Waals surface area contributed by atoms with Crippen molar-refractivity contribution in [2.24, 2.45) is 0 Å². The molecule has 1 aromatic carbocycles. The van der Waals surface area contributed by atoms with E-state index in [4.69, 9.17) is 0 Å². The summed E-state index contributed by atoms with van der Waals surface area (Å²) in [5.74, 6) is 0.0191. The molecule has 0 unspecified atom stereocenters. The van der Waals surface area contributed by atoms with E-state index in [0.717, 1.165) is 42.4 Å². The summed E-state index contributed by atoms with van der Waals surface area (Å²) in [6.07, 6.45) is 6.85. The first-order valence-corrected chi connectivity index (χ1v) is 8.61. The van der Waals surface area contributed by atoms with Gasteiger partial charge in [-0.25, -0.2) is 0 Å². The second-order valence-electron chi connectivity index (χ2n) is 6.41. The first-order chi connectivity index (χ1) is 12.3. The third kappa shape index (κ3) is 4.08. The van der Waals surface area contributed by atoms with E-state index in [9.17, 15) is 4.79 Å². The van der Waals surface area contributed by atoms with Crippen LogP contribution in [0.15, 0.2) is 55.0 Å². The SMILES string of the molecule is Cl.Cl.O=C(NCc1cccc2cccnc12)C1(n2cccn2)CCNCC1. The minimum absolute atomic E-state index is 0. The van der Waals surface area contributed by atoms with Crippen molar-refractivity contribution < 1.29 is 4.79 Å². The topological polar surface area (TPSA) is 71.8 Å². The summed E-state index contributed by atoms with van der Waals surface area (Å²) in [4.78, 5) is 17.6. The van der Waals surface area contributed by atoms with Crippen molar-refractivity contribution in [2.45, 2.75) is 24.9 Å². The molecular formula is C19H23Cl2N5O. The van der Waals surface area contributed by atoms with Crippen LogP contribution in [0.4, 0.5) is 0 Å². The Morgan fingerprint density at radius 3 is 2.63 bits per heavy atom. The fraction of sp³-hybridized carbons (Fsp3) is 0.316. The van der Waals surface area contributed by atoms with E-state index in [1.165, 1.54) is 0 Å². The Balaban J connectivity index is 0.00000131. The van der Waals surface area contributed by atoms with Gasteiger partial charge >= 0.3 is 0 Å². The third-order valence-electron chi connectivity index (χ3n) is 4.95. The van der Waals surface area contributed by atoms with Gasteiger partial charge in [0.2, 0.25) is 5.91 Å². The highest BCUT2D eigenvalue weighted by Crippen LogP contribution is 2.27. The molecule has 3 heterocycles. The number of rotatable bonds is 4. The Kier molecular flexibility index (Phi) is 7.18. The number of pyridine rings is 1. The van der Waals surface area contributed by atoms with Crippen LogP contribution in [-0.2, 0) is 16.9 Å². The molecule has 27 heavy (non-hydrogen) atoms. The number of nitrogens with zero attached hydrogens (tertiary/aromatic N) is 3. The van der Waals surface area contributed by atoms with Gasteiger partial charge in [-0.1, -0.05) is 24.3 Å². The van der Waals surface area contributed by atoms with Crippen molar-refractivity contribution in [1.82, 2.24) is 25.4 Å². The summed E-state index contributed by atoms with van der Waals surface area (Å²) in [7, 11) is 0. The maximum atomic E-state index is 13.1. The molecule has 1 amide bonds. The van der Waals surface area contributed by atoms with E-state index in [-0.39, 0.29) is 30.7 Å². The Morgan fingerprint density at radius 2 is 1.89 bits per heavy atom. The van der Waals surface area contributed by atoms with E-state index in [1.54, 1.807) is 12.4 Å². The molecule has 0 atom stereocenters. The lowest BCUT2D eigenvalue weighted by Crippen LogP contribution is -2.54. The maximum absolute atomic E-state index is 13.1. The molecule has 144 valence electrons. The Hall–Kier alpha value is -2.15. The van der Waals surface area contributed by atoms with Crippen molar-refractivity contribution in [1.29, 1.82) is 0 Å². The first kappa shape index (κ1) is 21.2. The highest BCUT2D eigenvalue weighted by molar-refractivity contribution is 5.86. The summed E-state index contributed by atoms with van der Waals surface area (Å²) >= 11 is 0. The lowest BCUT2D eigenvalue weighted by atomic mass is 9.87. The molecule has 1 fully saturated rings. The maximum Gasteiger partial charge on any atom is 0.248 e. The molecule has 4 rings (SSSR count). The molecule has 0 spiro atoms. The first-order valence-electron chi connectivity index (χ1n) is 8.61. The average molecular weight is 408 g/mol.